The molecule has 630 valence electrons. The van der Waals surface area contributed by atoms with Crippen molar-refractivity contribution in [1.82, 2.24) is 74.4 Å². The number of amides is 15. The van der Waals surface area contributed by atoms with E-state index in [-0.39, 0.29) is 70.2 Å². The summed E-state index contributed by atoms with van der Waals surface area (Å²) in [5.74, 6) is -32.4. The first-order valence-electron chi connectivity index (χ1n) is 34.9. The Morgan fingerprint density at radius 3 is 0.679 bits per heavy atom. The van der Waals surface area contributed by atoms with Crippen LogP contribution in [0.15, 0.2) is 0 Å². The average molecular weight is 1620 g/mol. The number of rotatable bonds is 56. The van der Waals surface area contributed by atoms with Crippen molar-refractivity contribution in [3.8, 4) is 0 Å². The number of nitrogens with two attached hydrogens (primary N) is 4. The van der Waals surface area contributed by atoms with Gasteiger partial charge in [0.05, 0.1) is 51.0 Å². The van der Waals surface area contributed by atoms with E-state index >= 15 is 0 Å². The smallest absolute Gasteiger partial charge is 0.305 e. The van der Waals surface area contributed by atoms with Gasteiger partial charge < -0.3 is 133 Å². The number of nitrogens with one attached hydrogen (secondary N) is 14. The molecule has 0 aromatic carbocycles. The average Bonchev–Trinajstić information content (AvgIpc) is 0.858. The molecule has 0 aromatic rings. The van der Waals surface area contributed by atoms with Crippen LogP contribution in [0.2, 0.25) is 0 Å². The zero-order valence-corrected chi connectivity index (χ0v) is 63.3. The number of carbonyl (C=O) groups excluding carboxylic acids is 15. The van der Waals surface area contributed by atoms with Gasteiger partial charge in [-0.2, -0.15) is 12.6 Å². The third kappa shape index (κ3) is 40.3. The van der Waals surface area contributed by atoms with Gasteiger partial charge in [-0.25, -0.2) is 0 Å². The summed E-state index contributed by atoms with van der Waals surface area (Å²) in [6.07, 6.45) is -8.80. The fraction of sp³-hybridized carbons (Fsp3) is 0.656. The Bertz CT molecular complexity index is 3400. The highest BCUT2D eigenvalue weighted by molar-refractivity contribution is 7.80. The van der Waals surface area contributed by atoms with E-state index in [0.717, 1.165) is 20.8 Å². The van der Waals surface area contributed by atoms with E-state index in [1.54, 1.807) is 0 Å². The molecule has 0 unspecified atom stereocenters. The first kappa shape index (κ1) is 101. The summed E-state index contributed by atoms with van der Waals surface area (Å²) in [6.45, 7) is 9.39. The molecule has 0 fully saturated rings. The standard InChI is InChI=1S/C64H104N18O29S/c1-26(2)16-34(77-64(111)42(24-49(95)96)82-63(110)39(21-46(89)90)75-52(99)30(7)71-58(105)37(19-44(85)86)80-55(102)32(12-8-10-14-65)72-60(107)40(22-47(91)92)76-53(100)31(67)25-112)56(103)70-29(6)51(98)74-38(20-45(87)88)62(109)78-35(17-27(3)4)59(106)81-41(23-48(93)94)61(108)73-33(13-9-11-15-66)54(101)79-36(18-43(83)84)57(104)69-28(5)50(68)97/h26-42,112H,8-25,65-67H2,1-7H3,(H2,68,97)(H,69,104)(H,70,103)(H,71,105)(H,72,107)(H,73,108)(H,74,98)(H,75,99)(H,76,100)(H,77,111)(H,78,109)(H,79,101)(H,80,102)(H,81,106)(H,82,110)(H,83,84)(H,85,86)(H,87,88)(H,89,90)(H,91,92)(H,93,94)(H,95,96)/t28-,29-,30-,31-,32-,33-,34-,35-,36-,37-,38-,39-,40-,41-,42-/m0/s1. The molecule has 0 aliphatic rings. The second-order valence-electron chi connectivity index (χ2n) is 26.6. The number of primary amides is 1. The molecule has 48 heteroatoms. The number of unbranched alkanes of at least 4 members (excludes halogenated alkanes) is 2. The monoisotopic (exact) mass is 1620 g/mol. The molecule has 0 saturated heterocycles. The maximum atomic E-state index is 14.0. The predicted octanol–water partition coefficient (Wildman–Crippen LogP) is -9.75. The molecule has 15 atom stereocenters. The molecule has 0 saturated carbocycles. The van der Waals surface area contributed by atoms with E-state index in [1.165, 1.54) is 27.7 Å². The first-order valence-corrected chi connectivity index (χ1v) is 35.5. The van der Waals surface area contributed by atoms with Gasteiger partial charge in [0.15, 0.2) is 0 Å². The highest BCUT2D eigenvalue weighted by atomic mass is 32.1. The topological polar surface area (TPSA) is 790 Å². The molecular weight excluding hydrogens is 1520 g/mol. The molecule has 112 heavy (non-hydrogen) atoms. The number of hydrogen-bond acceptors (Lipinski definition) is 26. The lowest BCUT2D eigenvalue weighted by Crippen LogP contribution is -2.61. The third-order valence-electron chi connectivity index (χ3n) is 15.7. The second kappa shape index (κ2) is 51.1. The molecule has 0 spiro atoms. The number of carbonyl (C=O) groups is 22. The molecule has 0 rings (SSSR count). The Morgan fingerprint density at radius 1 is 0.268 bits per heavy atom. The van der Waals surface area contributed by atoms with E-state index < -0.39 is 278 Å². The largest absolute Gasteiger partial charge is 0.481 e. The summed E-state index contributed by atoms with van der Waals surface area (Å²) in [4.78, 5) is 286. The van der Waals surface area contributed by atoms with Crippen molar-refractivity contribution in [2.24, 2.45) is 34.8 Å². The van der Waals surface area contributed by atoms with E-state index in [2.05, 4.69) is 76.4 Å². The molecule has 0 aliphatic heterocycles. The van der Waals surface area contributed by atoms with Gasteiger partial charge in [0, 0.05) is 5.75 Å². The number of thiol groups is 1. The summed E-state index contributed by atoms with van der Waals surface area (Å²) in [7, 11) is 0. The van der Waals surface area contributed by atoms with Crippen molar-refractivity contribution >= 4 is 143 Å². The minimum atomic E-state index is -2.24. The quantitative estimate of drug-likeness (QED) is 0.0199. The van der Waals surface area contributed by atoms with E-state index in [4.69, 9.17) is 22.9 Å². The minimum Gasteiger partial charge on any atom is -0.481 e. The van der Waals surface area contributed by atoms with E-state index in [0.29, 0.717) is 0 Å². The van der Waals surface area contributed by atoms with Crippen molar-refractivity contribution < 1.29 is 141 Å². The summed E-state index contributed by atoms with van der Waals surface area (Å²) in [6, 6.07) is -27.6. The molecule has 0 radical (unpaired) electrons. The Balaban J connectivity index is 6.83. The predicted molar refractivity (Wildman–Crippen MR) is 386 cm³/mol. The highest BCUT2D eigenvalue weighted by Crippen LogP contribution is 2.13. The summed E-state index contributed by atoms with van der Waals surface area (Å²) in [5, 5.41) is 97.8. The maximum absolute atomic E-state index is 14.0. The molecule has 29 N–H and O–H groups in total. The molecule has 0 heterocycles. The number of aliphatic carboxylic acids is 7. The van der Waals surface area contributed by atoms with Crippen LogP contribution in [0.5, 0.6) is 0 Å². The number of hydrogen-bond donors (Lipinski definition) is 26. The lowest BCUT2D eigenvalue weighted by molar-refractivity contribution is -0.144. The minimum absolute atomic E-state index is 0.0732. The van der Waals surface area contributed by atoms with Gasteiger partial charge in [-0.05, 0) is 97.1 Å². The fourth-order valence-corrected chi connectivity index (χ4v) is 10.1. The van der Waals surface area contributed by atoms with Crippen molar-refractivity contribution in [2.75, 3.05) is 18.8 Å². The SMILES string of the molecule is CC(C)C[C@H](NC(=O)[C@H](CC(=O)O)NC(=O)[C@H](CC(=O)O)NC(=O)[C@H](C)NC(=O)[C@H](CC(=O)O)NC(=O)[C@H](CCCCN)NC(=O)[C@H](CC(=O)O)NC(=O)[C@@H](N)CS)C(=O)N[C@@H](C)C(=O)N[C@@H](CC(=O)O)C(=O)N[C@@H](CC(C)C)C(=O)N[C@@H](CC(=O)O)C(=O)N[C@@H](CCCCN)C(=O)N[C@@H](CC(=O)O)C(=O)N[C@@H](C)C(N)=O. The van der Waals surface area contributed by atoms with Crippen LogP contribution in [0, 0.1) is 11.8 Å². The Hall–Kier alpha value is -11.4. The van der Waals surface area contributed by atoms with Gasteiger partial charge in [0.25, 0.3) is 0 Å². The lowest BCUT2D eigenvalue weighted by atomic mass is 10.0. The van der Waals surface area contributed by atoms with Gasteiger partial charge in [-0.15, -0.1) is 0 Å². The van der Waals surface area contributed by atoms with Crippen LogP contribution in [-0.4, -0.2) is 276 Å². The number of carboxylic acids is 7. The molecule has 0 bridgehead atoms. The van der Waals surface area contributed by atoms with Gasteiger partial charge in [-0.1, -0.05) is 27.7 Å². The van der Waals surface area contributed by atoms with Crippen LogP contribution in [0.4, 0.5) is 0 Å². The van der Waals surface area contributed by atoms with E-state index in [1.807, 2.05) is 10.6 Å². The van der Waals surface area contributed by atoms with Crippen LogP contribution in [0.1, 0.15) is 145 Å². The molecule has 15 amide bonds. The molecule has 47 nitrogen and oxygen atoms in total. The van der Waals surface area contributed by atoms with Crippen LogP contribution >= 0.6 is 12.6 Å². The lowest BCUT2D eigenvalue weighted by Gasteiger charge is -2.28. The van der Waals surface area contributed by atoms with Gasteiger partial charge in [0.2, 0.25) is 88.6 Å². The Labute approximate surface area is 645 Å². The van der Waals surface area contributed by atoms with Gasteiger partial charge >= 0.3 is 41.8 Å². The number of carboxylic acid groups (broad SMARTS) is 7. The summed E-state index contributed by atoms with van der Waals surface area (Å²) in [5.41, 5.74) is 22.0. The van der Waals surface area contributed by atoms with Gasteiger partial charge in [-0.3, -0.25) is 105 Å². The van der Waals surface area contributed by atoms with Crippen LogP contribution in [0.3, 0.4) is 0 Å². The Kier molecular flexibility index (Phi) is 45.9. The fourth-order valence-electron chi connectivity index (χ4n) is 9.89. The maximum Gasteiger partial charge on any atom is 0.305 e. The molecule has 0 aliphatic carbocycles. The zero-order valence-electron chi connectivity index (χ0n) is 62.4. The van der Waals surface area contributed by atoms with Crippen molar-refractivity contribution in [3.05, 3.63) is 0 Å². The third-order valence-corrected chi connectivity index (χ3v) is 16.1. The van der Waals surface area contributed by atoms with Crippen LogP contribution < -0.4 is 97.4 Å². The molecule has 0 aromatic heterocycles. The van der Waals surface area contributed by atoms with Crippen molar-refractivity contribution in [2.45, 2.75) is 235 Å². The summed E-state index contributed by atoms with van der Waals surface area (Å²) < 4.78 is 0. The summed E-state index contributed by atoms with van der Waals surface area (Å²) >= 11 is 3.88. The Morgan fingerprint density at radius 2 is 0.455 bits per heavy atom. The van der Waals surface area contributed by atoms with Crippen molar-refractivity contribution in [3.63, 3.8) is 0 Å². The second-order valence-corrected chi connectivity index (χ2v) is 26.9. The van der Waals surface area contributed by atoms with Gasteiger partial charge in [0.1, 0.15) is 84.6 Å². The van der Waals surface area contributed by atoms with Crippen LogP contribution in [0.25, 0.3) is 0 Å². The van der Waals surface area contributed by atoms with Crippen molar-refractivity contribution in [1.29, 1.82) is 0 Å². The normalized spacial score (nSPS) is 15.0. The van der Waals surface area contributed by atoms with E-state index in [9.17, 15) is 141 Å². The highest BCUT2D eigenvalue weighted by Gasteiger charge is 2.40. The first-order chi connectivity index (χ1) is 52.1. The molecular formula is C64H104N18O29S. The zero-order chi connectivity index (χ0) is 86.1. The van der Waals surface area contributed by atoms with Crippen LogP contribution in [-0.2, 0) is 105 Å².